The highest BCUT2D eigenvalue weighted by Crippen LogP contribution is 2.22. The van der Waals surface area contributed by atoms with Crippen LogP contribution < -0.4 is 10.1 Å². The van der Waals surface area contributed by atoms with E-state index >= 15 is 0 Å². The molecule has 7 nitrogen and oxygen atoms in total. The molecule has 0 bridgehead atoms. The Morgan fingerprint density at radius 3 is 2.71 bits per heavy atom. The van der Waals surface area contributed by atoms with Crippen LogP contribution in [0.5, 0.6) is 5.75 Å². The second-order valence-electron chi connectivity index (χ2n) is 6.07. The number of ether oxygens (including phenoxy) is 1. The molecule has 24 heavy (non-hydrogen) atoms. The van der Waals surface area contributed by atoms with Crippen molar-refractivity contribution >= 4 is 11.5 Å². The fourth-order valence-electron chi connectivity index (χ4n) is 3.11. The van der Waals surface area contributed by atoms with Crippen LogP contribution in [-0.2, 0) is 0 Å². The molecule has 0 aliphatic heterocycles. The van der Waals surface area contributed by atoms with Crippen molar-refractivity contribution in [3.8, 4) is 17.3 Å². The number of methoxy groups -OCH3 is 1. The summed E-state index contributed by atoms with van der Waals surface area (Å²) in [6.45, 7) is 0. The number of hydrogen-bond donors (Lipinski definition) is 1. The lowest BCUT2D eigenvalue weighted by atomic mass is 9.95. The number of fused-ring (bicyclic) bond motifs is 1. The molecule has 124 valence electrons. The zero-order valence-electron chi connectivity index (χ0n) is 13.6. The van der Waals surface area contributed by atoms with Crippen LogP contribution in [0.15, 0.2) is 30.5 Å². The molecule has 3 aromatic heterocycles. The Bertz CT molecular complexity index is 823. The van der Waals surface area contributed by atoms with Crippen LogP contribution in [0.1, 0.15) is 32.1 Å². The highest BCUT2D eigenvalue weighted by atomic mass is 16.5. The average Bonchev–Trinajstić information content (AvgIpc) is 3.06. The average molecular weight is 324 g/mol. The van der Waals surface area contributed by atoms with Crippen molar-refractivity contribution in [3.05, 3.63) is 30.5 Å². The second-order valence-corrected chi connectivity index (χ2v) is 6.07. The molecule has 1 aliphatic rings. The van der Waals surface area contributed by atoms with Gasteiger partial charge in [0.1, 0.15) is 17.3 Å². The first-order valence-corrected chi connectivity index (χ1v) is 8.33. The third-order valence-corrected chi connectivity index (χ3v) is 4.42. The number of hydrogen-bond acceptors (Lipinski definition) is 6. The van der Waals surface area contributed by atoms with Crippen molar-refractivity contribution in [2.75, 3.05) is 12.4 Å². The molecule has 4 rings (SSSR count). The normalized spacial score (nSPS) is 15.5. The van der Waals surface area contributed by atoms with E-state index in [9.17, 15) is 0 Å². The van der Waals surface area contributed by atoms with Gasteiger partial charge in [0, 0.05) is 6.04 Å². The van der Waals surface area contributed by atoms with E-state index in [1.807, 2.05) is 24.3 Å². The molecule has 0 unspecified atom stereocenters. The van der Waals surface area contributed by atoms with Crippen LogP contribution in [-0.4, -0.2) is 37.9 Å². The van der Waals surface area contributed by atoms with Gasteiger partial charge in [-0.15, -0.1) is 15.3 Å². The Labute approximate surface area is 140 Å². The fraction of sp³-hybridized carbons (Fsp3) is 0.412. The summed E-state index contributed by atoms with van der Waals surface area (Å²) in [5.74, 6) is 2.18. The molecule has 1 fully saturated rings. The zero-order chi connectivity index (χ0) is 16.4. The molecule has 0 amide bonds. The molecular weight excluding hydrogens is 304 g/mol. The van der Waals surface area contributed by atoms with E-state index < -0.39 is 0 Å². The smallest absolute Gasteiger partial charge is 0.203 e. The molecule has 7 heteroatoms. The van der Waals surface area contributed by atoms with Gasteiger partial charge in [0.2, 0.25) is 5.82 Å². The van der Waals surface area contributed by atoms with Crippen LogP contribution in [0.25, 0.3) is 17.2 Å². The Morgan fingerprint density at radius 1 is 1.08 bits per heavy atom. The molecule has 0 atom stereocenters. The summed E-state index contributed by atoms with van der Waals surface area (Å²) in [6, 6.07) is 8.11. The van der Waals surface area contributed by atoms with Crippen LogP contribution in [0, 0.1) is 0 Å². The van der Waals surface area contributed by atoms with Crippen molar-refractivity contribution in [1.29, 1.82) is 0 Å². The van der Waals surface area contributed by atoms with Gasteiger partial charge >= 0.3 is 0 Å². The maximum atomic E-state index is 5.15. The predicted octanol–water partition coefficient (Wildman–Crippen LogP) is 2.94. The lowest BCUT2D eigenvalue weighted by Gasteiger charge is -2.23. The summed E-state index contributed by atoms with van der Waals surface area (Å²) in [4.78, 5) is 4.38. The Kier molecular flexibility index (Phi) is 3.98. The Balaban J connectivity index is 1.64. The molecule has 1 saturated carbocycles. The summed E-state index contributed by atoms with van der Waals surface area (Å²) in [6.07, 6.45) is 7.98. The Morgan fingerprint density at radius 2 is 1.96 bits per heavy atom. The van der Waals surface area contributed by atoms with Gasteiger partial charge in [-0.2, -0.15) is 4.52 Å². The first-order valence-electron chi connectivity index (χ1n) is 8.33. The van der Waals surface area contributed by atoms with Gasteiger partial charge in [0.05, 0.1) is 13.3 Å². The van der Waals surface area contributed by atoms with Crippen molar-refractivity contribution < 1.29 is 4.74 Å². The van der Waals surface area contributed by atoms with Crippen molar-refractivity contribution in [2.45, 2.75) is 38.1 Å². The van der Waals surface area contributed by atoms with E-state index in [4.69, 9.17) is 4.74 Å². The van der Waals surface area contributed by atoms with Gasteiger partial charge in [0.15, 0.2) is 5.65 Å². The van der Waals surface area contributed by atoms with Crippen LogP contribution in [0.2, 0.25) is 0 Å². The van der Waals surface area contributed by atoms with Gasteiger partial charge in [-0.1, -0.05) is 19.3 Å². The summed E-state index contributed by atoms with van der Waals surface area (Å²) >= 11 is 0. The summed E-state index contributed by atoms with van der Waals surface area (Å²) in [5, 5.41) is 16.6. The van der Waals surface area contributed by atoms with Crippen LogP contribution >= 0.6 is 0 Å². The molecule has 0 radical (unpaired) electrons. The minimum absolute atomic E-state index is 0.503. The van der Waals surface area contributed by atoms with E-state index in [-0.39, 0.29) is 0 Å². The summed E-state index contributed by atoms with van der Waals surface area (Å²) in [7, 11) is 1.62. The first kappa shape index (κ1) is 14.9. The molecule has 0 saturated heterocycles. The number of nitrogens with zero attached hydrogens (tertiary/aromatic N) is 5. The molecule has 0 aromatic carbocycles. The lowest BCUT2D eigenvalue weighted by molar-refractivity contribution is 0.413. The van der Waals surface area contributed by atoms with Gasteiger partial charge < -0.3 is 10.1 Å². The highest BCUT2D eigenvalue weighted by molar-refractivity contribution is 5.56. The SMILES string of the molecule is COc1ccc(-c2nnc3ccc(NC4CCCCC4)nn23)nc1. The van der Waals surface area contributed by atoms with Crippen molar-refractivity contribution in [3.63, 3.8) is 0 Å². The van der Waals surface area contributed by atoms with Gasteiger partial charge in [0.25, 0.3) is 0 Å². The number of anilines is 1. The molecule has 3 heterocycles. The maximum Gasteiger partial charge on any atom is 0.203 e. The second kappa shape index (κ2) is 6.43. The summed E-state index contributed by atoms with van der Waals surface area (Å²) in [5.41, 5.74) is 1.42. The minimum Gasteiger partial charge on any atom is -0.495 e. The van der Waals surface area contributed by atoms with Crippen molar-refractivity contribution in [1.82, 2.24) is 24.8 Å². The summed E-state index contributed by atoms with van der Waals surface area (Å²) < 4.78 is 6.88. The monoisotopic (exact) mass is 324 g/mol. The third kappa shape index (κ3) is 2.89. The minimum atomic E-state index is 0.503. The van der Waals surface area contributed by atoms with Gasteiger partial charge in [-0.05, 0) is 37.1 Å². The number of pyridine rings is 1. The molecule has 1 aliphatic carbocycles. The van der Waals surface area contributed by atoms with Crippen LogP contribution in [0.3, 0.4) is 0 Å². The maximum absolute atomic E-state index is 5.15. The largest absolute Gasteiger partial charge is 0.495 e. The van der Waals surface area contributed by atoms with E-state index in [0.717, 1.165) is 5.82 Å². The molecular formula is C17H20N6O. The first-order chi connectivity index (χ1) is 11.8. The lowest BCUT2D eigenvalue weighted by Crippen LogP contribution is -2.23. The number of aromatic nitrogens is 5. The van der Waals surface area contributed by atoms with E-state index in [1.165, 1.54) is 32.1 Å². The molecule has 3 aromatic rings. The zero-order valence-corrected chi connectivity index (χ0v) is 13.6. The van der Waals surface area contributed by atoms with E-state index in [2.05, 4.69) is 25.6 Å². The molecule has 0 spiro atoms. The molecule has 1 N–H and O–H groups in total. The number of rotatable bonds is 4. The number of nitrogens with one attached hydrogen (secondary N) is 1. The van der Waals surface area contributed by atoms with E-state index in [1.54, 1.807) is 17.8 Å². The van der Waals surface area contributed by atoms with Gasteiger partial charge in [-0.25, -0.2) is 4.98 Å². The Hall–Kier alpha value is -2.70. The van der Waals surface area contributed by atoms with Crippen LogP contribution in [0.4, 0.5) is 5.82 Å². The standard InChI is InChI=1S/C17H20N6O/c1-24-13-7-8-14(18-11-13)17-21-20-16-10-9-15(22-23(16)17)19-12-5-3-2-4-6-12/h7-12H,2-6H2,1H3,(H,19,22). The quantitative estimate of drug-likeness (QED) is 0.795. The highest BCUT2D eigenvalue weighted by Gasteiger charge is 2.15. The predicted molar refractivity (Wildman–Crippen MR) is 91.1 cm³/mol. The third-order valence-electron chi connectivity index (χ3n) is 4.42. The van der Waals surface area contributed by atoms with E-state index in [0.29, 0.717) is 29.0 Å². The fourth-order valence-corrected chi connectivity index (χ4v) is 3.11. The van der Waals surface area contributed by atoms with Crippen molar-refractivity contribution in [2.24, 2.45) is 0 Å². The topological polar surface area (TPSA) is 77.2 Å². The van der Waals surface area contributed by atoms with Gasteiger partial charge in [-0.3, -0.25) is 0 Å².